The summed E-state index contributed by atoms with van der Waals surface area (Å²) in [4.78, 5) is 4.28. The minimum Gasteiger partial charge on any atom is -0.308 e. The Morgan fingerprint density at radius 3 is 2.80 bits per heavy atom. The molecule has 0 aromatic carbocycles. The fourth-order valence-corrected chi connectivity index (χ4v) is 5.30. The first-order valence-corrected chi connectivity index (χ1v) is 9.54. The van der Waals surface area contributed by atoms with Gasteiger partial charge in [0.25, 0.3) is 0 Å². The molecule has 1 aromatic heterocycles. The fourth-order valence-electron chi connectivity index (χ4n) is 3.80. The molecule has 0 radical (unpaired) electrons. The average molecular weight is 355 g/mol. The highest BCUT2D eigenvalue weighted by Crippen LogP contribution is 2.44. The molecule has 0 bridgehead atoms. The molecule has 1 aromatic rings. The summed E-state index contributed by atoms with van der Waals surface area (Å²) >= 11 is 5.60. The van der Waals surface area contributed by atoms with Crippen LogP contribution < -0.4 is 5.32 Å². The molecule has 20 heavy (non-hydrogen) atoms. The lowest BCUT2D eigenvalue weighted by Gasteiger charge is -2.47. The Labute approximate surface area is 134 Å². The van der Waals surface area contributed by atoms with Crippen molar-refractivity contribution in [1.29, 1.82) is 0 Å². The Morgan fingerprint density at radius 1 is 1.40 bits per heavy atom. The molecule has 2 aliphatic carbocycles. The molecular formula is C16H23BrN2S. The molecule has 1 saturated heterocycles. The quantitative estimate of drug-likeness (QED) is 0.882. The number of halogens is 1. The second-order valence-electron chi connectivity index (χ2n) is 7.07. The van der Waals surface area contributed by atoms with Crippen LogP contribution in [0.15, 0.2) is 15.9 Å². The second kappa shape index (κ2) is 5.08. The van der Waals surface area contributed by atoms with Crippen LogP contribution in [0.2, 0.25) is 0 Å². The number of hydrogen-bond donors (Lipinski definition) is 1. The van der Waals surface area contributed by atoms with Gasteiger partial charge in [-0.25, -0.2) is 0 Å². The Kier molecular flexibility index (Phi) is 3.49. The molecule has 3 aliphatic rings. The minimum atomic E-state index is 0.356. The molecular weight excluding hydrogens is 332 g/mol. The van der Waals surface area contributed by atoms with Crippen LogP contribution in [0.5, 0.6) is 0 Å². The van der Waals surface area contributed by atoms with Gasteiger partial charge in [-0.2, -0.15) is 0 Å². The highest BCUT2D eigenvalue weighted by atomic mass is 79.9. The third kappa shape index (κ3) is 2.60. The number of piperazine rings is 1. The molecule has 3 fully saturated rings. The molecule has 1 aliphatic heterocycles. The van der Waals surface area contributed by atoms with Crippen LogP contribution in [-0.2, 0) is 6.54 Å². The minimum absolute atomic E-state index is 0.356. The van der Waals surface area contributed by atoms with Gasteiger partial charge in [0.1, 0.15) is 0 Å². The van der Waals surface area contributed by atoms with Crippen molar-refractivity contribution >= 4 is 27.3 Å². The van der Waals surface area contributed by atoms with Crippen molar-refractivity contribution in [3.8, 4) is 0 Å². The van der Waals surface area contributed by atoms with Crippen LogP contribution >= 0.6 is 27.3 Å². The third-order valence-electron chi connectivity index (χ3n) is 5.40. The van der Waals surface area contributed by atoms with E-state index in [1.54, 1.807) is 0 Å². The van der Waals surface area contributed by atoms with Crippen molar-refractivity contribution in [2.75, 3.05) is 13.1 Å². The van der Waals surface area contributed by atoms with E-state index in [4.69, 9.17) is 0 Å². The van der Waals surface area contributed by atoms with E-state index in [1.165, 1.54) is 48.1 Å². The lowest BCUT2D eigenvalue weighted by molar-refractivity contribution is 0.0585. The third-order valence-corrected chi connectivity index (χ3v) is 7.31. The lowest BCUT2D eigenvalue weighted by Crippen LogP contribution is -2.64. The normalized spacial score (nSPS) is 35.4. The number of thiophene rings is 1. The zero-order chi connectivity index (χ0) is 13.7. The summed E-state index contributed by atoms with van der Waals surface area (Å²) in [6.07, 6.45) is 5.73. The maximum Gasteiger partial charge on any atom is 0.0343 e. The molecule has 2 nitrogen and oxygen atoms in total. The largest absolute Gasteiger partial charge is 0.308 e. The molecule has 0 amide bonds. The molecule has 4 rings (SSSR count). The van der Waals surface area contributed by atoms with Gasteiger partial charge in [-0.05, 0) is 71.8 Å². The predicted octanol–water partition coefficient (Wildman–Crippen LogP) is 3.86. The molecule has 2 heterocycles. The molecule has 2 unspecified atom stereocenters. The number of nitrogens with one attached hydrogen (secondary N) is 1. The van der Waals surface area contributed by atoms with Crippen LogP contribution in [0.3, 0.4) is 0 Å². The first-order chi connectivity index (χ1) is 9.66. The first-order valence-electron chi connectivity index (χ1n) is 7.87. The molecule has 4 heteroatoms. The molecule has 110 valence electrons. The summed E-state index contributed by atoms with van der Waals surface area (Å²) in [5, 5.41) is 6.11. The summed E-state index contributed by atoms with van der Waals surface area (Å²) in [5.74, 6) is 1.86. The molecule has 1 N–H and O–H groups in total. The van der Waals surface area contributed by atoms with Crippen molar-refractivity contribution in [2.24, 2.45) is 11.8 Å². The Balaban J connectivity index is 1.53. The standard InChI is InChI=1S/C16H23BrN2S/c1-16(12-4-5-12)10-19(9-15-13(17)6-7-20-15)14(8-18-16)11-2-3-11/h6-7,11-12,14,18H,2-5,8-10H2,1H3. The van der Waals surface area contributed by atoms with Crippen molar-refractivity contribution in [1.82, 2.24) is 10.2 Å². The van der Waals surface area contributed by atoms with Gasteiger partial charge in [0.05, 0.1) is 0 Å². The summed E-state index contributed by atoms with van der Waals surface area (Å²) in [6.45, 7) is 6.00. The summed E-state index contributed by atoms with van der Waals surface area (Å²) in [7, 11) is 0. The number of rotatable bonds is 4. The topological polar surface area (TPSA) is 15.3 Å². The highest BCUT2D eigenvalue weighted by molar-refractivity contribution is 9.10. The van der Waals surface area contributed by atoms with Crippen LogP contribution in [-0.4, -0.2) is 29.6 Å². The van der Waals surface area contributed by atoms with Crippen molar-refractivity contribution < 1.29 is 0 Å². The van der Waals surface area contributed by atoms with Gasteiger partial charge in [-0.3, -0.25) is 4.90 Å². The van der Waals surface area contributed by atoms with Crippen LogP contribution in [0.1, 0.15) is 37.5 Å². The summed E-state index contributed by atoms with van der Waals surface area (Å²) in [5.41, 5.74) is 0.356. The molecule has 2 saturated carbocycles. The van der Waals surface area contributed by atoms with E-state index < -0.39 is 0 Å². The van der Waals surface area contributed by atoms with Crippen LogP contribution in [0, 0.1) is 11.8 Å². The lowest BCUT2D eigenvalue weighted by atomic mass is 9.90. The average Bonchev–Trinajstić information content (AvgIpc) is 3.31. The van der Waals surface area contributed by atoms with Crippen molar-refractivity contribution in [3.05, 3.63) is 20.8 Å². The van der Waals surface area contributed by atoms with E-state index in [0.29, 0.717) is 5.54 Å². The van der Waals surface area contributed by atoms with E-state index >= 15 is 0 Å². The van der Waals surface area contributed by atoms with Gasteiger partial charge in [-0.1, -0.05) is 0 Å². The Morgan fingerprint density at radius 2 is 2.20 bits per heavy atom. The Bertz CT molecular complexity index is 494. The van der Waals surface area contributed by atoms with E-state index in [9.17, 15) is 0 Å². The predicted molar refractivity (Wildman–Crippen MR) is 88.1 cm³/mol. The van der Waals surface area contributed by atoms with Crippen molar-refractivity contribution in [3.63, 3.8) is 0 Å². The highest BCUT2D eigenvalue weighted by Gasteiger charge is 2.48. The first kappa shape index (κ1) is 13.7. The molecule has 2 atom stereocenters. The second-order valence-corrected chi connectivity index (χ2v) is 8.93. The van der Waals surface area contributed by atoms with E-state index in [1.807, 2.05) is 11.3 Å². The number of nitrogens with zero attached hydrogens (tertiary/aromatic N) is 1. The number of hydrogen-bond acceptors (Lipinski definition) is 3. The SMILES string of the molecule is CC1(C2CC2)CN(Cc2sccc2Br)C(C2CC2)CN1. The van der Waals surface area contributed by atoms with Gasteiger partial charge in [-0.15, -0.1) is 11.3 Å². The van der Waals surface area contributed by atoms with E-state index in [2.05, 4.69) is 44.5 Å². The van der Waals surface area contributed by atoms with Gasteiger partial charge in [0, 0.05) is 40.6 Å². The van der Waals surface area contributed by atoms with Crippen LogP contribution in [0.4, 0.5) is 0 Å². The van der Waals surface area contributed by atoms with Gasteiger partial charge >= 0.3 is 0 Å². The zero-order valence-electron chi connectivity index (χ0n) is 12.1. The van der Waals surface area contributed by atoms with E-state index in [0.717, 1.165) is 24.4 Å². The van der Waals surface area contributed by atoms with E-state index in [-0.39, 0.29) is 0 Å². The maximum atomic E-state index is 3.90. The smallest absolute Gasteiger partial charge is 0.0343 e. The summed E-state index contributed by atoms with van der Waals surface area (Å²) < 4.78 is 1.30. The monoisotopic (exact) mass is 354 g/mol. The van der Waals surface area contributed by atoms with Gasteiger partial charge in [0.2, 0.25) is 0 Å². The van der Waals surface area contributed by atoms with Crippen LogP contribution in [0.25, 0.3) is 0 Å². The van der Waals surface area contributed by atoms with Crippen molar-refractivity contribution in [2.45, 2.75) is 50.7 Å². The maximum absolute atomic E-state index is 3.90. The Hall–Kier alpha value is 0.1000. The fraction of sp³-hybridized carbons (Fsp3) is 0.750. The molecule has 0 spiro atoms. The van der Waals surface area contributed by atoms with Gasteiger partial charge < -0.3 is 5.32 Å². The summed E-state index contributed by atoms with van der Waals surface area (Å²) in [6, 6.07) is 2.95. The zero-order valence-corrected chi connectivity index (χ0v) is 14.5. The van der Waals surface area contributed by atoms with Gasteiger partial charge in [0.15, 0.2) is 0 Å².